The van der Waals surface area contributed by atoms with E-state index < -0.39 is 0 Å². The molecule has 0 bridgehead atoms. The summed E-state index contributed by atoms with van der Waals surface area (Å²) in [6, 6.07) is 7.97. The van der Waals surface area contributed by atoms with Crippen LogP contribution in [0.15, 0.2) is 24.3 Å². The number of carbonyl (C=O) groups is 1. The van der Waals surface area contributed by atoms with Crippen LogP contribution in [0.3, 0.4) is 0 Å². The molecule has 1 aliphatic rings. The molecule has 0 saturated carbocycles. The van der Waals surface area contributed by atoms with Gasteiger partial charge in [0.1, 0.15) is 11.4 Å². The molecule has 0 N–H and O–H groups in total. The minimum Gasteiger partial charge on any atom is -0.494 e. The predicted octanol–water partition coefficient (Wildman–Crippen LogP) is 3.67. The van der Waals surface area contributed by atoms with Crippen molar-refractivity contribution in [2.45, 2.75) is 53.6 Å². The van der Waals surface area contributed by atoms with Gasteiger partial charge in [0.2, 0.25) is 5.91 Å². The Kier molecular flexibility index (Phi) is 7.96. The van der Waals surface area contributed by atoms with Gasteiger partial charge in [0.25, 0.3) is 0 Å². The number of hydrogen-bond donors (Lipinski definition) is 0. The van der Waals surface area contributed by atoms with E-state index in [0.717, 1.165) is 43.2 Å². The Morgan fingerprint density at radius 3 is 2.62 bits per heavy atom. The summed E-state index contributed by atoms with van der Waals surface area (Å²) >= 11 is 0. The highest BCUT2D eigenvalue weighted by molar-refractivity contribution is 5.76. The van der Waals surface area contributed by atoms with Crippen LogP contribution in [0.1, 0.15) is 51.1 Å². The van der Waals surface area contributed by atoms with Crippen LogP contribution < -0.4 is 4.74 Å². The monoisotopic (exact) mass is 442 g/mol. The number of methoxy groups -OCH3 is 2. The Hall–Kier alpha value is -2.38. The third kappa shape index (κ3) is 5.70. The van der Waals surface area contributed by atoms with Crippen molar-refractivity contribution >= 4 is 5.91 Å². The smallest absolute Gasteiger partial charge is 0.223 e. The number of benzene rings is 1. The van der Waals surface area contributed by atoms with E-state index in [1.165, 1.54) is 11.3 Å². The molecular weight excluding hydrogens is 404 g/mol. The van der Waals surface area contributed by atoms with Crippen LogP contribution in [0.5, 0.6) is 5.75 Å². The van der Waals surface area contributed by atoms with Gasteiger partial charge in [-0.15, -0.1) is 0 Å². The van der Waals surface area contributed by atoms with Crippen molar-refractivity contribution in [1.29, 1.82) is 0 Å². The summed E-state index contributed by atoms with van der Waals surface area (Å²) in [6.45, 7) is 12.9. The minimum atomic E-state index is -0.0718. The number of aromatic nitrogens is 2. The lowest BCUT2D eigenvalue weighted by Gasteiger charge is -2.28. The van der Waals surface area contributed by atoms with Gasteiger partial charge < -0.3 is 14.4 Å². The summed E-state index contributed by atoms with van der Waals surface area (Å²) in [5.74, 6) is 0.931. The fraction of sp³-hybridized carbons (Fsp3) is 0.600. The zero-order chi connectivity index (χ0) is 23.3. The van der Waals surface area contributed by atoms with Crippen LogP contribution in [0.2, 0.25) is 0 Å². The molecule has 0 aliphatic carbocycles. The number of amides is 1. The highest BCUT2D eigenvalue weighted by atomic mass is 16.5. The van der Waals surface area contributed by atoms with E-state index in [-0.39, 0.29) is 11.3 Å². The predicted molar refractivity (Wildman–Crippen MR) is 126 cm³/mol. The van der Waals surface area contributed by atoms with Crippen molar-refractivity contribution in [2.75, 3.05) is 40.5 Å². The number of para-hydroxylation sites is 2. The maximum absolute atomic E-state index is 13.1. The van der Waals surface area contributed by atoms with E-state index in [0.29, 0.717) is 26.1 Å². The van der Waals surface area contributed by atoms with Gasteiger partial charge in [-0.2, -0.15) is 5.10 Å². The van der Waals surface area contributed by atoms with E-state index in [9.17, 15) is 4.79 Å². The molecule has 0 radical (unpaired) electrons. The molecule has 7 heteroatoms. The summed E-state index contributed by atoms with van der Waals surface area (Å²) < 4.78 is 12.9. The van der Waals surface area contributed by atoms with Crippen LogP contribution >= 0.6 is 0 Å². The average Bonchev–Trinajstić information content (AvgIpc) is 3.12. The number of rotatable bonds is 9. The van der Waals surface area contributed by atoms with Gasteiger partial charge in [-0.3, -0.25) is 9.69 Å². The normalized spacial score (nSPS) is 14.3. The van der Waals surface area contributed by atoms with Crippen LogP contribution in [0.25, 0.3) is 5.69 Å². The van der Waals surface area contributed by atoms with Gasteiger partial charge >= 0.3 is 0 Å². The zero-order valence-corrected chi connectivity index (χ0v) is 20.5. The Morgan fingerprint density at radius 1 is 1.22 bits per heavy atom. The van der Waals surface area contributed by atoms with Crippen LogP contribution in [0.4, 0.5) is 0 Å². The molecule has 0 atom stereocenters. The van der Waals surface area contributed by atoms with Crippen LogP contribution in [-0.2, 0) is 29.0 Å². The minimum absolute atomic E-state index is 0.0718. The van der Waals surface area contributed by atoms with Gasteiger partial charge in [0.05, 0.1) is 31.6 Å². The van der Waals surface area contributed by atoms with Crippen LogP contribution in [-0.4, -0.2) is 65.9 Å². The molecule has 3 rings (SSSR count). The van der Waals surface area contributed by atoms with E-state index in [1.807, 2.05) is 33.8 Å². The van der Waals surface area contributed by atoms with Gasteiger partial charge in [-0.1, -0.05) is 39.8 Å². The van der Waals surface area contributed by atoms with E-state index in [1.54, 1.807) is 14.2 Å². The molecule has 1 aliphatic heterocycles. The van der Waals surface area contributed by atoms with Gasteiger partial charge in [-0.05, 0) is 24.1 Å². The van der Waals surface area contributed by atoms with Crippen LogP contribution in [0, 0.1) is 5.41 Å². The Bertz CT molecular complexity index is 916. The highest BCUT2D eigenvalue weighted by Crippen LogP contribution is 2.30. The first kappa shape index (κ1) is 24.3. The second-order valence-electron chi connectivity index (χ2n) is 9.62. The van der Waals surface area contributed by atoms with Crippen molar-refractivity contribution in [1.82, 2.24) is 19.6 Å². The van der Waals surface area contributed by atoms with Gasteiger partial charge in [0, 0.05) is 45.1 Å². The zero-order valence-electron chi connectivity index (χ0n) is 20.5. The second-order valence-corrected chi connectivity index (χ2v) is 9.62. The molecule has 1 amide bonds. The molecular formula is C25H38N4O3. The fourth-order valence-corrected chi connectivity index (χ4v) is 4.18. The first-order valence-electron chi connectivity index (χ1n) is 11.5. The first-order valence-corrected chi connectivity index (χ1v) is 11.5. The number of likely N-dealkylation sites (N-methyl/N-ethyl adjacent to an activating group) is 1. The van der Waals surface area contributed by atoms with Crippen molar-refractivity contribution in [2.24, 2.45) is 5.41 Å². The lowest BCUT2D eigenvalue weighted by atomic mass is 9.91. The highest BCUT2D eigenvalue weighted by Gasteiger charge is 2.28. The maximum Gasteiger partial charge on any atom is 0.223 e. The molecule has 1 aromatic carbocycles. The third-order valence-corrected chi connectivity index (χ3v) is 5.92. The first-order chi connectivity index (χ1) is 15.3. The molecule has 0 saturated heterocycles. The topological polar surface area (TPSA) is 59.8 Å². The summed E-state index contributed by atoms with van der Waals surface area (Å²) in [4.78, 5) is 17.5. The van der Waals surface area contributed by atoms with Crippen molar-refractivity contribution in [3.05, 3.63) is 41.2 Å². The van der Waals surface area contributed by atoms with Gasteiger partial charge in [0.15, 0.2) is 0 Å². The standard InChI is InChI=1S/C25H38N4O3/c1-7-27-13-12-21-19(17-27)20(26-29(21)22-10-8-9-11-23(22)32-6)18-28(14-15-31-5)24(30)16-25(2,3)4/h8-11H,7,12-18H2,1-6H3. The largest absolute Gasteiger partial charge is 0.494 e. The van der Waals surface area contributed by atoms with E-state index in [4.69, 9.17) is 14.6 Å². The Morgan fingerprint density at radius 2 is 1.97 bits per heavy atom. The molecule has 176 valence electrons. The quantitative estimate of drug-likeness (QED) is 0.593. The van der Waals surface area contributed by atoms with Crippen molar-refractivity contribution in [3.8, 4) is 11.4 Å². The summed E-state index contributed by atoms with van der Waals surface area (Å²) in [6.07, 6.45) is 1.41. The number of nitrogens with zero attached hydrogens (tertiary/aromatic N) is 4. The van der Waals surface area contributed by atoms with E-state index >= 15 is 0 Å². The van der Waals surface area contributed by atoms with E-state index in [2.05, 4.69) is 32.6 Å². The summed E-state index contributed by atoms with van der Waals surface area (Å²) in [7, 11) is 3.36. The maximum atomic E-state index is 13.1. The van der Waals surface area contributed by atoms with Crippen molar-refractivity contribution in [3.63, 3.8) is 0 Å². The second kappa shape index (κ2) is 10.5. The molecule has 2 heterocycles. The molecule has 32 heavy (non-hydrogen) atoms. The SMILES string of the molecule is CCN1CCc2c(c(CN(CCOC)C(=O)CC(C)(C)C)nn2-c2ccccc2OC)C1. The Balaban J connectivity index is 2.00. The number of ether oxygens (including phenoxy) is 2. The lowest BCUT2D eigenvalue weighted by Crippen LogP contribution is -2.36. The molecule has 0 spiro atoms. The lowest BCUT2D eigenvalue weighted by molar-refractivity contribution is -0.134. The molecule has 1 aromatic heterocycles. The molecule has 2 aromatic rings. The fourth-order valence-electron chi connectivity index (χ4n) is 4.18. The average molecular weight is 443 g/mol. The van der Waals surface area contributed by atoms with Gasteiger partial charge in [-0.25, -0.2) is 4.68 Å². The van der Waals surface area contributed by atoms with Crippen molar-refractivity contribution < 1.29 is 14.3 Å². The molecule has 0 unspecified atom stereocenters. The summed E-state index contributed by atoms with van der Waals surface area (Å²) in [5.41, 5.74) is 4.27. The summed E-state index contributed by atoms with van der Waals surface area (Å²) in [5, 5.41) is 5.04. The number of hydrogen-bond acceptors (Lipinski definition) is 5. The number of fused-ring (bicyclic) bond motifs is 1. The molecule has 7 nitrogen and oxygen atoms in total. The number of carbonyl (C=O) groups excluding carboxylic acids is 1. The molecule has 0 fully saturated rings. The third-order valence-electron chi connectivity index (χ3n) is 5.92. The Labute approximate surface area is 192 Å².